The molecule has 2 aliphatic rings. The van der Waals surface area contributed by atoms with Crippen LogP contribution >= 0.6 is 0 Å². The molecule has 1 aromatic carbocycles. The zero-order valence-electron chi connectivity index (χ0n) is 13.7. The molecular formula is C18H24O5. The zero-order chi connectivity index (χ0) is 16.3. The highest BCUT2D eigenvalue weighted by Gasteiger charge is 2.33. The maximum Gasteiger partial charge on any atom is 0.306 e. The largest absolute Gasteiger partial charge is 0.490 e. The highest BCUT2D eigenvalue weighted by molar-refractivity contribution is 5.69. The minimum Gasteiger partial charge on any atom is -0.490 e. The summed E-state index contributed by atoms with van der Waals surface area (Å²) in [5.74, 6) is 0.109. The molecule has 0 bridgehead atoms. The zero-order valence-corrected chi connectivity index (χ0v) is 13.7. The van der Waals surface area contributed by atoms with Crippen molar-refractivity contribution < 1.29 is 23.7 Å². The number of hydrogen-bond acceptors (Lipinski definition) is 5. The third-order valence-electron chi connectivity index (χ3n) is 3.87. The summed E-state index contributed by atoms with van der Waals surface area (Å²) in [5, 5.41) is 0. The standard InChI is InChI=1S/C18H24O5/c1-18(2)21-12-16(23-18)11-20-17(19)10-5-13-3-6-14(7-4-13)22-15-8-9-15/h3-4,6-7,15-16H,5,8-12H2,1-2H3/t16-/m1/s1. The van der Waals surface area contributed by atoms with E-state index in [1.807, 2.05) is 38.1 Å². The molecular weight excluding hydrogens is 296 g/mol. The van der Waals surface area contributed by atoms with Gasteiger partial charge in [0.2, 0.25) is 0 Å². The third-order valence-corrected chi connectivity index (χ3v) is 3.87. The average molecular weight is 320 g/mol. The predicted octanol–water partition coefficient (Wildman–Crippen LogP) is 2.86. The molecule has 1 aromatic rings. The molecule has 0 spiro atoms. The average Bonchev–Trinajstić information content (AvgIpc) is 3.26. The van der Waals surface area contributed by atoms with Crippen molar-refractivity contribution >= 4 is 5.97 Å². The maximum atomic E-state index is 11.8. The van der Waals surface area contributed by atoms with Crippen molar-refractivity contribution in [2.24, 2.45) is 0 Å². The summed E-state index contributed by atoms with van der Waals surface area (Å²) in [5.41, 5.74) is 1.10. The number of rotatable bonds is 7. The van der Waals surface area contributed by atoms with Crippen molar-refractivity contribution in [3.05, 3.63) is 29.8 Å². The van der Waals surface area contributed by atoms with Gasteiger partial charge in [0.05, 0.1) is 12.7 Å². The highest BCUT2D eigenvalue weighted by atomic mass is 16.7. The van der Waals surface area contributed by atoms with E-state index in [4.69, 9.17) is 18.9 Å². The Morgan fingerprint density at radius 3 is 2.61 bits per heavy atom. The van der Waals surface area contributed by atoms with Gasteiger partial charge in [0.15, 0.2) is 5.79 Å². The van der Waals surface area contributed by atoms with Crippen molar-refractivity contribution in [2.75, 3.05) is 13.2 Å². The van der Waals surface area contributed by atoms with Crippen molar-refractivity contribution in [1.82, 2.24) is 0 Å². The van der Waals surface area contributed by atoms with E-state index in [0.29, 0.717) is 25.6 Å². The van der Waals surface area contributed by atoms with Crippen LogP contribution in [-0.4, -0.2) is 37.2 Å². The smallest absolute Gasteiger partial charge is 0.306 e. The van der Waals surface area contributed by atoms with Crippen LogP contribution in [-0.2, 0) is 25.4 Å². The van der Waals surface area contributed by atoms with Gasteiger partial charge in [-0.25, -0.2) is 0 Å². The van der Waals surface area contributed by atoms with E-state index in [1.165, 1.54) is 0 Å². The molecule has 1 heterocycles. The molecule has 1 saturated heterocycles. The molecule has 0 unspecified atom stereocenters. The molecule has 0 radical (unpaired) electrons. The summed E-state index contributed by atoms with van der Waals surface area (Å²) in [6, 6.07) is 7.93. The fourth-order valence-corrected chi connectivity index (χ4v) is 2.46. The molecule has 5 nitrogen and oxygen atoms in total. The van der Waals surface area contributed by atoms with E-state index in [9.17, 15) is 4.79 Å². The maximum absolute atomic E-state index is 11.8. The third kappa shape index (κ3) is 5.22. The second kappa shape index (κ2) is 6.89. The Labute approximate surface area is 136 Å². The monoisotopic (exact) mass is 320 g/mol. The second-order valence-corrected chi connectivity index (χ2v) is 6.59. The van der Waals surface area contributed by atoms with Gasteiger partial charge in [0.25, 0.3) is 0 Å². The molecule has 0 aromatic heterocycles. The Kier molecular flexibility index (Phi) is 4.87. The number of carbonyl (C=O) groups is 1. The van der Waals surface area contributed by atoms with Gasteiger partial charge in [-0.2, -0.15) is 0 Å². The van der Waals surface area contributed by atoms with Gasteiger partial charge >= 0.3 is 5.97 Å². The summed E-state index contributed by atoms with van der Waals surface area (Å²) in [4.78, 5) is 11.8. The molecule has 23 heavy (non-hydrogen) atoms. The van der Waals surface area contributed by atoms with Gasteiger partial charge in [0, 0.05) is 6.42 Å². The number of ether oxygens (including phenoxy) is 4. The highest BCUT2D eigenvalue weighted by Crippen LogP contribution is 2.27. The fourth-order valence-electron chi connectivity index (χ4n) is 2.46. The minimum atomic E-state index is -0.582. The van der Waals surface area contributed by atoms with Crippen LogP contribution in [0.5, 0.6) is 5.75 Å². The van der Waals surface area contributed by atoms with E-state index in [1.54, 1.807) is 0 Å². The Balaban J connectivity index is 1.35. The number of hydrogen-bond donors (Lipinski definition) is 0. The lowest BCUT2D eigenvalue weighted by Gasteiger charge is -2.17. The predicted molar refractivity (Wildman–Crippen MR) is 84.3 cm³/mol. The summed E-state index contributed by atoms with van der Waals surface area (Å²) < 4.78 is 22.0. The van der Waals surface area contributed by atoms with Gasteiger partial charge in [-0.15, -0.1) is 0 Å². The Bertz CT molecular complexity index is 533. The normalized spacial score (nSPS) is 22.8. The van der Waals surface area contributed by atoms with Crippen molar-refractivity contribution in [1.29, 1.82) is 0 Å². The summed E-state index contributed by atoms with van der Waals surface area (Å²) >= 11 is 0. The van der Waals surface area contributed by atoms with Crippen molar-refractivity contribution in [3.8, 4) is 5.75 Å². The molecule has 1 aliphatic heterocycles. The molecule has 126 valence electrons. The minimum absolute atomic E-state index is 0.173. The summed E-state index contributed by atoms with van der Waals surface area (Å²) in [7, 11) is 0. The van der Waals surface area contributed by atoms with Crippen LogP contribution in [0.15, 0.2) is 24.3 Å². The van der Waals surface area contributed by atoms with Crippen LogP contribution in [0.1, 0.15) is 38.7 Å². The molecule has 0 amide bonds. The van der Waals surface area contributed by atoms with Crippen LogP contribution < -0.4 is 4.74 Å². The van der Waals surface area contributed by atoms with Gasteiger partial charge in [0.1, 0.15) is 18.5 Å². The van der Waals surface area contributed by atoms with Gasteiger partial charge in [-0.1, -0.05) is 12.1 Å². The lowest BCUT2D eigenvalue weighted by molar-refractivity contribution is -0.158. The summed E-state index contributed by atoms with van der Waals surface area (Å²) in [6.07, 6.45) is 3.56. The number of aryl methyl sites for hydroxylation is 1. The Morgan fingerprint density at radius 2 is 2.00 bits per heavy atom. The van der Waals surface area contributed by atoms with E-state index < -0.39 is 5.79 Å². The molecule has 1 saturated carbocycles. The van der Waals surface area contributed by atoms with E-state index in [0.717, 1.165) is 24.2 Å². The Hall–Kier alpha value is -1.59. The first-order chi connectivity index (χ1) is 11.0. The fraction of sp³-hybridized carbons (Fsp3) is 0.611. The molecule has 1 atom stereocenters. The van der Waals surface area contributed by atoms with Gasteiger partial charge < -0.3 is 18.9 Å². The van der Waals surface area contributed by atoms with Gasteiger partial charge in [-0.3, -0.25) is 4.79 Å². The Morgan fingerprint density at radius 1 is 1.26 bits per heavy atom. The van der Waals surface area contributed by atoms with Gasteiger partial charge in [-0.05, 0) is 50.8 Å². The summed E-state index contributed by atoms with van der Waals surface area (Å²) in [6.45, 7) is 4.41. The quantitative estimate of drug-likeness (QED) is 0.723. The van der Waals surface area contributed by atoms with Crippen LogP contribution in [0.4, 0.5) is 0 Å². The van der Waals surface area contributed by atoms with Crippen LogP contribution in [0.25, 0.3) is 0 Å². The SMILES string of the molecule is CC1(C)OC[C@@H](COC(=O)CCc2ccc(OC3CC3)cc2)O1. The van der Waals surface area contributed by atoms with Crippen LogP contribution in [0.3, 0.4) is 0 Å². The molecule has 2 fully saturated rings. The van der Waals surface area contributed by atoms with Crippen LogP contribution in [0.2, 0.25) is 0 Å². The lowest BCUT2D eigenvalue weighted by atomic mass is 10.1. The molecule has 1 aliphatic carbocycles. The lowest BCUT2D eigenvalue weighted by Crippen LogP contribution is -2.25. The van der Waals surface area contributed by atoms with Crippen molar-refractivity contribution in [2.45, 2.75) is 57.5 Å². The molecule has 5 heteroatoms. The van der Waals surface area contributed by atoms with E-state index in [2.05, 4.69) is 0 Å². The van der Waals surface area contributed by atoms with Crippen molar-refractivity contribution in [3.63, 3.8) is 0 Å². The first-order valence-corrected chi connectivity index (χ1v) is 8.23. The topological polar surface area (TPSA) is 54.0 Å². The molecule has 0 N–H and O–H groups in total. The molecule has 3 rings (SSSR count). The van der Waals surface area contributed by atoms with Crippen LogP contribution in [0, 0.1) is 0 Å². The first kappa shape index (κ1) is 16.3. The first-order valence-electron chi connectivity index (χ1n) is 8.23. The second-order valence-electron chi connectivity index (χ2n) is 6.59. The van der Waals surface area contributed by atoms with E-state index >= 15 is 0 Å². The van der Waals surface area contributed by atoms with E-state index in [-0.39, 0.29) is 18.7 Å². The number of carbonyl (C=O) groups excluding carboxylic acids is 1. The number of benzene rings is 1. The number of esters is 1.